The van der Waals surface area contributed by atoms with Crippen LogP contribution in [0.3, 0.4) is 0 Å². The third kappa shape index (κ3) is 3.39. The van der Waals surface area contributed by atoms with Gasteiger partial charge in [0.2, 0.25) is 10.0 Å². The van der Waals surface area contributed by atoms with E-state index in [4.69, 9.17) is 28.3 Å². The molecule has 1 aromatic rings. The van der Waals surface area contributed by atoms with Crippen LogP contribution in [0.4, 0.5) is 0 Å². The second-order valence-corrected chi connectivity index (χ2v) is 6.92. The zero-order valence-corrected chi connectivity index (χ0v) is 12.0. The largest absolute Gasteiger partial charge is 0.478 e. The summed E-state index contributed by atoms with van der Waals surface area (Å²) in [4.78, 5) is 10.7. The Morgan fingerprint density at radius 3 is 2.53 bits per heavy atom. The number of nitrogens with one attached hydrogen (secondary N) is 1. The highest BCUT2D eigenvalue weighted by Crippen LogP contribution is 2.31. The molecule has 0 radical (unpaired) electrons. The van der Waals surface area contributed by atoms with E-state index >= 15 is 0 Å². The fourth-order valence-corrected chi connectivity index (χ4v) is 3.56. The van der Waals surface area contributed by atoms with Gasteiger partial charge >= 0.3 is 5.97 Å². The molecule has 104 valence electrons. The summed E-state index contributed by atoms with van der Waals surface area (Å²) in [7, 11) is -3.85. The van der Waals surface area contributed by atoms with Crippen molar-refractivity contribution >= 4 is 39.2 Å². The summed E-state index contributed by atoms with van der Waals surface area (Å²) in [6.07, 6.45) is 1.98. The molecule has 2 rings (SSSR count). The van der Waals surface area contributed by atoms with Gasteiger partial charge in [0.05, 0.1) is 10.6 Å². The molecule has 0 bridgehead atoms. The van der Waals surface area contributed by atoms with Crippen molar-refractivity contribution in [3.8, 4) is 0 Å². The van der Waals surface area contributed by atoms with Gasteiger partial charge in [0.25, 0.3) is 0 Å². The van der Waals surface area contributed by atoms with Crippen LogP contribution in [0.2, 0.25) is 10.0 Å². The molecule has 8 heteroatoms. The number of hydrogen-bond acceptors (Lipinski definition) is 3. The number of carboxylic acid groups (broad SMARTS) is 1. The highest BCUT2D eigenvalue weighted by atomic mass is 35.5. The summed E-state index contributed by atoms with van der Waals surface area (Å²) in [5.41, 5.74) is -0.332. The van der Waals surface area contributed by atoms with Gasteiger partial charge in [-0.1, -0.05) is 23.2 Å². The van der Waals surface area contributed by atoms with Crippen molar-refractivity contribution in [3.05, 3.63) is 27.7 Å². The van der Waals surface area contributed by atoms with Gasteiger partial charge in [-0.25, -0.2) is 17.9 Å². The van der Waals surface area contributed by atoms with Crippen molar-refractivity contribution in [2.45, 2.75) is 17.7 Å². The second-order valence-electron chi connectivity index (χ2n) is 4.37. The van der Waals surface area contributed by atoms with Crippen LogP contribution in [0, 0.1) is 5.92 Å². The Labute approximate surface area is 120 Å². The van der Waals surface area contributed by atoms with Gasteiger partial charge in [-0.05, 0) is 30.9 Å². The van der Waals surface area contributed by atoms with Gasteiger partial charge < -0.3 is 5.11 Å². The summed E-state index contributed by atoms with van der Waals surface area (Å²) in [6, 6.07) is 2.26. The first-order valence-electron chi connectivity index (χ1n) is 5.53. The van der Waals surface area contributed by atoms with Crippen LogP contribution in [0.5, 0.6) is 0 Å². The lowest BCUT2D eigenvalue weighted by Gasteiger charge is -2.10. The monoisotopic (exact) mass is 323 g/mol. The number of hydrogen-bond donors (Lipinski definition) is 2. The van der Waals surface area contributed by atoms with Gasteiger partial charge in [0.1, 0.15) is 4.90 Å². The smallest absolute Gasteiger partial charge is 0.337 e. The highest BCUT2D eigenvalue weighted by Gasteiger charge is 2.27. The van der Waals surface area contributed by atoms with Crippen LogP contribution < -0.4 is 4.72 Å². The number of halogens is 2. The fraction of sp³-hybridized carbons (Fsp3) is 0.364. The molecule has 0 amide bonds. The van der Waals surface area contributed by atoms with Crippen LogP contribution >= 0.6 is 23.2 Å². The topological polar surface area (TPSA) is 83.5 Å². The van der Waals surface area contributed by atoms with Crippen LogP contribution in [-0.2, 0) is 10.0 Å². The third-order valence-corrected chi connectivity index (χ3v) is 4.97. The summed E-state index contributed by atoms with van der Waals surface area (Å²) in [5, 5.41) is 8.62. The van der Waals surface area contributed by atoms with E-state index in [0.717, 1.165) is 25.0 Å². The molecule has 1 aliphatic rings. The lowest BCUT2D eigenvalue weighted by Crippen LogP contribution is -2.26. The number of rotatable bonds is 5. The van der Waals surface area contributed by atoms with E-state index in [1.54, 1.807) is 0 Å². The second kappa shape index (κ2) is 5.28. The van der Waals surface area contributed by atoms with E-state index in [2.05, 4.69) is 4.72 Å². The maximum atomic E-state index is 12.1. The molecule has 0 unspecified atom stereocenters. The Morgan fingerprint density at radius 2 is 2.00 bits per heavy atom. The maximum absolute atomic E-state index is 12.1. The first-order chi connectivity index (χ1) is 8.81. The first kappa shape index (κ1) is 14.6. The summed E-state index contributed by atoms with van der Waals surface area (Å²) < 4.78 is 26.5. The zero-order chi connectivity index (χ0) is 14.2. The molecule has 0 saturated heterocycles. The predicted molar refractivity (Wildman–Crippen MR) is 71.3 cm³/mol. The molecule has 0 atom stereocenters. The lowest BCUT2D eigenvalue weighted by atomic mass is 10.2. The molecule has 1 aromatic carbocycles. The van der Waals surface area contributed by atoms with Crippen molar-refractivity contribution in [3.63, 3.8) is 0 Å². The van der Waals surface area contributed by atoms with Crippen LogP contribution in [0.25, 0.3) is 0 Å². The van der Waals surface area contributed by atoms with E-state index in [1.807, 2.05) is 0 Å². The van der Waals surface area contributed by atoms with Gasteiger partial charge in [-0.15, -0.1) is 0 Å². The van der Waals surface area contributed by atoms with Crippen LogP contribution in [-0.4, -0.2) is 26.0 Å². The quantitative estimate of drug-likeness (QED) is 0.871. The summed E-state index contributed by atoms with van der Waals surface area (Å²) >= 11 is 11.6. The van der Waals surface area contributed by atoms with Crippen molar-refractivity contribution in [2.24, 2.45) is 5.92 Å². The molecule has 0 spiro atoms. The van der Waals surface area contributed by atoms with Gasteiger partial charge in [0, 0.05) is 11.6 Å². The van der Waals surface area contributed by atoms with Crippen LogP contribution in [0.15, 0.2) is 17.0 Å². The maximum Gasteiger partial charge on any atom is 0.337 e. The predicted octanol–water partition coefficient (Wildman–Crippen LogP) is 2.38. The number of aromatic carboxylic acids is 1. The Kier molecular flexibility index (Phi) is 4.06. The minimum Gasteiger partial charge on any atom is -0.478 e. The SMILES string of the molecule is O=C(O)c1cc(Cl)cc(S(=O)(=O)NCC2CC2)c1Cl. The van der Waals surface area contributed by atoms with E-state index in [9.17, 15) is 13.2 Å². The molecule has 5 nitrogen and oxygen atoms in total. The van der Waals surface area contributed by atoms with E-state index in [0.29, 0.717) is 12.5 Å². The molecular weight excluding hydrogens is 313 g/mol. The fourth-order valence-electron chi connectivity index (χ4n) is 1.54. The summed E-state index contributed by atoms with van der Waals surface area (Å²) in [6.45, 7) is 0.327. The summed E-state index contributed by atoms with van der Waals surface area (Å²) in [5.74, 6) is -0.974. The van der Waals surface area contributed by atoms with Crippen LogP contribution in [0.1, 0.15) is 23.2 Å². The normalized spacial score (nSPS) is 15.5. The van der Waals surface area contributed by atoms with Gasteiger partial charge in [-0.2, -0.15) is 0 Å². The number of benzene rings is 1. The Balaban J connectivity index is 2.39. The number of sulfonamides is 1. The first-order valence-corrected chi connectivity index (χ1v) is 7.77. The zero-order valence-electron chi connectivity index (χ0n) is 9.69. The number of carbonyl (C=O) groups is 1. The minimum atomic E-state index is -3.85. The van der Waals surface area contributed by atoms with E-state index < -0.39 is 16.0 Å². The molecule has 19 heavy (non-hydrogen) atoms. The number of carboxylic acids is 1. The average Bonchev–Trinajstić information content (AvgIpc) is 3.12. The third-order valence-electron chi connectivity index (χ3n) is 2.78. The Bertz CT molecular complexity index is 626. The van der Waals surface area contributed by atoms with E-state index in [1.165, 1.54) is 0 Å². The molecule has 0 aliphatic heterocycles. The molecule has 0 aromatic heterocycles. The molecule has 2 N–H and O–H groups in total. The van der Waals surface area contributed by atoms with E-state index in [-0.39, 0.29) is 20.5 Å². The minimum absolute atomic E-state index is 0.00796. The average molecular weight is 324 g/mol. The van der Waals surface area contributed by atoms with Crippen molar-refractivity contribution in [2.75, 3.05) is 6.54 Å². The molecule has 1 saturated carbocycles. The lowest BCUT2D eigenvalue weighted by molar-refractivity contribution is 0.0697. The Morgan fingerprint density at radius 1 is 1.37 bits per heavy atom. The molecular formula is C11H11Cl2NO4S. The molecule has 1 aliphatic carbocycles. The van der Waals surface area contributed by atoms with Gasteiger partial charge in [-0.3, -0.25) is 0 Å². The highest BCUT2D eigenvalue weighted by molar-refractivity contribution is 7.89. The van der Waals surface area contributed by atoms with Crippen molar-refractivity contribution < 1.29 is 18.3 Å². The standard InChI is InChI=1S/C11H11Cl2NO4S/c12-7-3-8(11(15)16)10(13)9(4-7)19(17,18)14-5-6-1-2-6/h3-4,6,14H,1-2,5H2,(H,15,16). The van der Waals surface area contributed by atoms with Gasteiger partial charge in [0.15, 0.2) is 0 Å². The Hall–Kier alpha value is -0.820. The molecule has 1 fully saturated rings. The van der Waals surface area contributed by atoms with Crippen molar-refractivity contribution in [1.82, 2.24) is 4.72 Å². The van der Waals surface area contributed by atoms with Crippen molar-refractivity contribution in [1.29, 1.82) is 0 Å². The molecule has 0 heterocycles.